The van der Waals surface area contributed by atoms with Crippen molar-refractivity contribution in [3.05, 3.63) is 29.1 Å². The van der Waals surface area contributed by atoms with E-state index in [0.29, 0.717) is 12.4 Å². The number of hydrogen-bond acceptors (Lipinski definition) is 4. The van der Waals surface area contributed by atoms with Gasteiger partial charge in [-0.2, -0.15) is 0 Å². The molecule has 0 radical (unpaired) electrons. The standard InChI is InChI=1S/C26H32F2N2O4/c27-18-6-22(24(31)29-33)30(12-18)25(32)20-7-19(17-1-2-17)23(8-21(20)28)34-13-26-9-14-3-15(10-26)5-16(4-14)11-26/h7-8,14-18,22,33H,1-6,9-13H2,(H,29,31)/t14?,15?,16?,18-,22+,26?/m1/s1. The van der Waals surface area contributed by atoms with Crippen LogP contribution in [0.15, 0.2) is 12.1 Å². The van der Waals surface area contributed by atoms with E-state index in [4.69, 9.17) is 9.94 Å². The van der Waals surface area contributed by atoms with E-state index < -0.39 is 29.8 Å². The highest BCUT2D eigenvalue weighted by molar-refractivity contribution is 5.98. The summed E-state index contributed by atoms with van der Waals surface area (Å²) in [5.41, 5.74) is 2.33. The lowest BCUT2D eigenvalue weighted by molar-refractivity contribution is -0.133. The van der Waals surface area contributed by atoms with E-state index in [2.05, 4.69) is 0 Å². The Bertz CT molecular complexity index is 975. The van der Waals surface area contributed by atoms with Crippen molar-refractivity contribution in [2.75, 3.05) is 13.2 Å². The minimum Gasteiger partial charge on any atom is -0.493 e. The molecule has 4 bridgehead atoms. The molecule has 2 atom stereocenters. The molecule has 0 aromatic heterocycles. The molecule has 1 aliphatic heterocycles. The molecule has 0 unspecified atom stereocenters. The molecule has 34 heavy (non-hydrogen) atoms. The largest absolute Gasteiger partial charge is 0.493 e. The first-order chi connectivity index (χ1) is 16.3. The van der Waals surface area contributed by atoms with Crippen molar-refractivity contribution >= 4 is 11.8 Å². The van der Waals surface area contributed by atoms with Crippen molar-refractivity contribution in [2.45, 2.75) is 75.9 Å². The number of amides is 2. The van der Waals surface area contributed by atoms with Crippen LogP contribution < -0.4 is 10.2 Å². The molecular formula is C26H32F2N2O4. The van der Waals surface area contributed by atoms with E-state index in [1.54, 1.807) is 6.07 Å². The van der Waals surface area contributed by atoms with Gasteiger partial charge in [0.25, 0.3) is 11.8 Å². The van der Waals surface area contributed by atoms with E-state index in [1.807, 2.05) is 0 Å². The maximum atomic E-state index is 15.2. The Morgan fingerprint density at radius 3 is 2.32 bits per heavy atom. The lowest BCUT2D eigenvalue weighted by atomic mass is 9.50. The number of carbonyl (C=O) groups excluding carboxylic acids is 2. The summed E-state index contributed by atoms with van der Waals surface area (Å²) in [6.45, 7) is 0.288. The Morgan fingerprint density at radius 2 is 1.74 bits per heavy atom. The van der Waals surface area contributed by atoms with Gasteiger partial charge in [-0.3, -0.25) is 14.8 Å². The summed E-state index contributed by atoms with van der Waals surface area (Å²) >= 11 is 0. The molecule has 6 nitrogen and oxygen atoms in total. The Labute approximate surface area is 198 Å². The Hall–Kier alpha value is -2.22. The zero-order chi connectivity index (χ0) is 23.6. The molecule has 5 aliphatic carbocycles. The Morgan fingerprint density at radius 1 is 1.09 bits per heavy atom. The lowest BCUT2D eigenvalue weighted by Gasteiger charge is -2.56. The first kappa shape index (κ1) is 22.3. The van der Waals surface area contributed by atoms with Crippen LogP contribution in [0.25, 0.3) is 0 Å². The van der Waals surface area contributed by atoms with Gasteiger partial charge >= 0.3 is 0 Å². The first-order valence-corrected chi connectivity index (χ1v) is 12.7. The average Bonchev–Trinajstić information content (AvgIpc) is 3.56. The van der Waals surface area contributed by atoms with Crippen molar-refractivity contribution in [3.8, 4) is 5.75 Å². The molecule has 8 heteroatoms. The lowest BCUT2D eigenvalue weighted by Crippen LogP contribution is -2.48. The number of rotatable bonds is 6. The number of ether oxygens (including phenoxy) is 1. The molecule has 2 N–H and O–H groups in total. The number of likely N-dealkylation sites (tertiary alicyclic amines) is 1. The van der Waals surface area contributed by atoms with Crippen molar-refractivity contribution in [2.24, 2.45) is 23.2 Å². The molecule has 0 spiro atoms. The second-order valence-corrected chi connectivity index (χ2v) is 11.6. The summed E-state index contributed by atoms with van der Waals surface area (Å²) < 4.78 is 35.6. The molecule has 1 heterocycles. The van der Waals surface area contributed by atoms with Crippen LogP contribution in [0.2, 0.25) is 0 Å². The number of carbonyl (C=O) groups is 2. The monoisotopic (exact) mass is 474 g/mol. The van der Waals surface area contributed by atoms with Gasteiger partial charge in [0.15, 0.2) is 0 Å². The molecule has 2 amide bonds. The summed E-state index contributed by atoms with van der Waals surface area (Å²) in [7, 11) is 0. The smallest absolute Gasteiger partial charge is 0.266 e. The second kappa shape index (κ2) is 8.18. The van der Waals surface area contributed by atoms with Gasteiger partial charge in [-0.1, -0.05) is 0 Å². The van der Waals surface area contributed by atoms with Gasteiger partial charge in [-0.25, -0.2) is 14.3 Å². The normalized spacial score (nSPS) is 36.1. The number of nitrogens with zero attached hydrogens (tertiary/aromatic N) is 1. The van der Waals surface area contributed by atoms with Crippen molar-refractivity contribution in [1.82, 2.24) is 10.4 Å². The fourth-order valence-corrected chi connectivity index (χ4v) is 7.76. The third kappa shape index (κ3) is 3.88. The van der Waals surface area contributed by atoms with Crippen LogP contribution in [0.3, 0.4) is 0 Å². The van der Waals surface area contributed by atoms with Gasteiger partial charge in [0.2, 0.25) is 0 Å². The zero-order valence-electron chi connectivity index (χ0n) is 19.3. The average molecular weight is 475 g/mol. The molecule has 1 aromatic carbocycles. The summed E-state index contributed by atoms with van der Waals surface area (Å²) in [4.78, 5) is 26.1. The van der Waals surface area contributed by atoms with Crippen LogP contribution in [0.4, 0.5) is 8.78 Å². The van der Waals surface area contributed by atoms with Gasteiger partial charge in [0, 0.05) is 17.9 Å². The van der Waals surface area contributed by atoms with Gasteiger partial charge in [0.1, 0.15) is 23.8 Å². The van der Waals surface area contributed by atoms with E-state index in [1.165, 1.54) is 50.1 Å². The molecule has 6 fully saturated rings. The molecule has 1 aromatic rings. The first-order valence-electron chi connectivity index (χ1n) is 12.7. The minimum atomic E-state index is -1.40. The predicted molar refractivity (Wildman–Crippen MR) is 119 cm³/mol. The van der Waals surface area contributed by atoms with E-state index in [-0.39, 0.29) is 29.9 Å². The predicted octanol–water partition coefficient (Wildman–Crippen LogP) is 4.36. The third-order valence-electron chi connectivity index (χ3n) is 8.97. The van der Waals surface area contributed by atoms with Crippen LogP contribution in [0, 0.1) is 29.0 Å². The Kier molecular flexibility index (Phi) is 5.35. The van der Waals surface area contributed by atoms with E-state index >= 15 is 4.39 Å². The molecular weight excluding hydrogens is 442 g/mol. The summed E-state index contributed by atoms with van der Waals surface area (Å²) in [6, 6.07) is 1.69. The SMILES string of the molecule is O=C(NO)[C@@H]1C[C@@H](F)CN1C(=O)c1cc(C2CC2)c(OCC23CC4CC(CC(C4)C2)C3)cc1F. The zero-order valence-corrected chi connectivity index (χ0v) is 19.3. The summed E-state index contributed by atoms with van der Waals surface area (Å²) in [6.07, 6.45) is 7.94. The van der Waals surface area contributed by atoms with E-state index in [0.717, 1.165) is 41.1 Å². The molecule has 5 saturated carbocycles. The topological polar surface area (TPSA) is 78.9 Å². The van der Waals surface area contributed by atoms with E-state index in [9.17, 15) is 14.0 Å². The van der Waals surface area contributed by atoms with Crippen molar-refractivity contribution in [3.63, 3.8) is 0 Å². The second-order valence-electron chi connectivity index (χ2n) is 11.6. The maximum absolute atomic E-state index is 15.2. The highest BCUT2D eigenvalue weighted by Gasteiger charge is 2.51. The highest BCUT2D eigenvalue weighted by atomic mass is 19.1. The molecule has 1 saturated heterocycles. The summed E-state index contributed by atoms with van der Waals surface area (Å²) in [5, 5.41) is 8.96. The number of benzene rings is 1. The van der Waals surface area contributed by atoms with Gasteiger partial charge in [-0.15, -0.1) is 0 Å². The van der Waals surface area contributed by atoms with Crippen LogP contribution >= 0.6 is 0 Å². The van der Waals surface area contributed by atoms with Gasteiger partial charge < -0.3 is 9.64 Å². The van der Waals surface area contributed by atoms with Gasteiger partial charge in [0.05, 0.1) is 18.7 Å². The van der Waals surface area contributed by atoms with Crippen molar-refractivity contribution < 1.29 is 28.3 Å². The number of alkyl halides is 1. The maximum Gasteiger partial charge on any atom is 0.266 e. The van der Waals surface area contributed by atoms with Gasteiger partial charge in [-0.05, 0) is 86.7 Å². The number of nitrogens with one attached hydrogen (secondary N) is 1. The van der Waals surface area contributed by atoms with Crippen LogP contribution in [-0.2, 0) is 4.79 Å². The number of hydrogen-bond donors (Lipinski definition) is 2. The van der Waals surface area contributed by atoms with Crippen LogP contribution in [0.5, 0.6) is 5.75 Å². The third-order valence-corrected chi connectivity index (χ3v) is 8.97. The van der Waals surface area contributed by atoms with Crippen LogP contribution in [-0.4, -0.2) is 47.3 Å². The summed E-state index contributed by atoms with van der Waals surface area (Å²) in [5.74, 6) is 0.826. The minimum absolute atomic E-state index is 0.172. The van der Waals surface area contributed by atoms with Crippen LogP contribution in [0.1, 0.15) is 79.6 Å². The fourth-order valence-electron chi connectivity index (χ4n) is 7.76. The Balaban J connectivity index is 1.24. The molecule has 6 aliphatic rings. The fraction of sp³-hybridized carbons (Fsp3) is 0.692. The number of halogens is 2. The number of hydroxylamine groups is 1. The molecule has 7 rings (SSSR count). The van der Waals surface area contributed by atoms with Crippen molar-refractivity contribution in [1.29, 1.82) is 0 Å². The highest BCUT2D eigenvalue weighted by Crippen LogP contribution is 2.60. The molecule has 184 valence electrons. The quantitative estimate of drug-likeness (QED) is 0.475.